The zero-order valence-electron chi connectivity index (χ0n) is 42.5. The number of hydrogen-bond acceptors (Lipinski definition) is 5. The lowest BCUT2D eigenvalue weighted by atomic mass is 10.0. The number of carbonyl (C=O) groups is 2. The van der Waals surface area contributed by atoms with Crippen LogP contribution in [0.1, 0.15) is 265 Å². The van der Waals surface area contributed by atoms with Crippen molar-refractivity contribution in [1.82, 2.24) is 0 Å². The third-order valence-corrected chi connectivity index (χ3v) is 11.7. The van der Waals surface area contributed by atoms with Gasteiger partial charge in [-0.05, 0) is 89.9 Å². The van der Waals surface area contributed by atoms with Crippen LogP contribution in [0.4, 0.5) is 0 Å². The van der Waals surface area contributed by atoms with E-state index < -0.39 is 6.10 Å². The van der Waals surface area contributed by atoms with Crippen LogP contribution >= 0.6 is 0 Å². The van der Waals surface area contributed by atoms with Crippen LogP contribution in [0.5, 0.6) is 0 Å². The van der Waals surface area contributed by atoms with Crippen molar-refractivity contribution in [3.05, 3.63) is 72.9 Å². The van der Waals surface area contributed by atoms with Crippen molar-refractivity contribution in [2.45, 2.75) is 271 Å². The summed E-state index contributed by atoms with van der Waals surface area (Å²) < 4.78 is 17.4. The van der Waals surface area contributed by atoms with Gasteiger partial charge in [0.1, 0.15) is 6.61 Å². The molecule has 0 saturated carbocycles. The molecule has 1 atom stereocenters. The van der Waals surface area contributed by atoms with Crippen LogP contribution in [0.2, 0.25) is 0 Å². The molecule has 0 N–H and O–H groups in total. The maximum absolute atomic E-state index is 12.8. The van der Waals surface area contributed by atoms with Gasteiger partial charge in [0.15, 0.2) is 6.10 Å². The monoisotopic (exact) mass is 893 g/mol. The predicted molar refractivity (Wildman–Crippen MR) is 279 cm³/mol. The molecule has 0 aliphatic carbocycles. The lowest BCUT2D eigenvalue weighted by Gasteiger charge is -2.18. The molecule has 0 rings (SSSR count). The SMILES string of the molecule is CC/C=C\C/C=C\C/C=C\C/C=C\C/C=C\CCCCOCC(COC(=O)CCCCCCCCC/C=C\CCCCCCCC)OC(=O)CCCCCCCCCCCCCCC. The van der Waals surface area contributed by atoms with Gasteiger partial charge in [-0.3, -0.25) is 9.59 Å². The smallest absolute Gasteiger partial charge is 0.306 e. The van der Waals surface area contributed by atoms with Gasteiger partial charge in [-0.15, -0.1) is 0 Å². The van der Waals surface area contributed by atoms with E-state index in [4.69, 9.17) is 14.2 Å². The molecule has 64 heavy (non-hydrogen) atoms. The van der Waals surface area contributed by atoms with Gasteiger partial charge in [-0.2, -0.15) is 0 Å². The van der Waals surface area contributed by atoms with Crippen molar-refractivity contribution in [1.29, 1.82) is 0 Å². The van der Waals surface area contributed by atoms with E-state index in [0.717, 1.165) is 83.5 Å². The van der Waals surface area contributed by atoms with E-state index in [9.17, 15) is 9.59 Å². The van der Waals surface area contributed by atoms with Crippen LogP contribution in [0.15, 0.2) is 72.9 Å². The Morgan fingerprint density at radius 2 is 0.703 bits per heavy atom. The molecule has 5 heteroatoms. The Balaban J connectivity index is 4.33. The quantitative estimate of drug-likeness (QED) is 0.0346. The fourth-order valence-corrected chi connectivity index (χ4v) is 7.65. The largest absolute Gasteiger partial charge is 0.462 e. The highest BCUT2D eigenvalue weighted by atomic mass is 16.6. The third-order valence-electron chi connectivity index (χ3n) is 11.7. The fraction of sp³-hybridized carbons (Fsp3) is 0.763. The molecule has 0 aromatic carbocycles. The van der Waals surface area contributed by atoms with E-state index >= 15 is 0 Å². The summed E-state index contributed by atoms with van der Waals surface area (Å²) in [5, 5.41) is 0. The summed E-state index contributed by atoms with van der Waals surface area (Å²) in [6.45, 7) is 7.63. The van der Waals surface area contributed by atoms with Crippen LogP contribution in [0.3, 0.4) is 0 Å². The Labute approximate surface area is 397 Å². The lowest BCUT2D eigenvalue weighted by Crippen LogP contribution is -2.30. The van der Waals surface area contributed by atoms with Gasteiger partial charge in [0, 0.05) is 19.4 Å². The van der Waals surface area contributed by atoms with Crippen LogP contribution < -0.4 is 0 Å². The second-order valence-electron chi connectivity index (χ2n) is 18.1. The first kappa shape index (κ1) is 61.3. The van der Waals surface area contributed by atoms with E-state index in [1.807, 2.05) is 0 Å². The summed E-state index contributed by atoms with van der Waals surface area (Å²) in [6, 6.07) is 0. The molecule has 0 aliphatic rings. The highest BCUT2D eigenvalue weighted by Gasteiger charge is 2.17. The minimum atomic E-state index is -0.560. The highest BCUT2D eigenvalue weighted by molar-refractivity contribution is 5.70. The van der Waals surface area contributed by atoms with Crippen LogP contribution in [0.25, 0.3) is 0 Å². The number of ether oxygens (including phenoxy) is 3. The van der Waals surface area contributed by atoms with Gasteiger partial charge in [0.05, 0.1) is 6.61 Å². The summed E-state index contributed by atoms with van der Waals surface area (Å²) in [7, 11) is 0. The van der Waals surface area contributed by atoms with E-state index in [0.29, 0.717) is 19.4 Å². The molecule has 0 spiro atoms. The number of rotatable bonds is 50. The fourth-order valence-electron chi connectivity index (χ4n) is 7.65. The average Bonchev–Trinajstić information content (AvgIpc) is 3.30. The molecular formula is C59H104O5. The molecule has 0 saturated heterocycles. The third kappa shape index (κ3) is 52.0. The van der Waals surface area contributed by atoms with Gasteiger partial charge in [0.25, 0.3) is 0 Å². The standard InChI is InChI=1S/C59H104O5/c1-4-7-10-13-16-19-22-25-27-29-31-33-36-39-42-45-48-51-54-62-55-57(64-59(61)53-50-47-44-41-38-34-24-21-18-15-12-9-6-3)56-63-58(60)52-49-46-43-40-37-35-32-30-28-26-23-20-17-14-11-8-5-2/h7,10,16,19,25-28,31,33,39,42,57H,4-6,8-9,11-15,17-18,20-24,29-30,32,34-38,40-41,43-56H2,1-3H3/b10-7-,19-16-,27-25-,28-26-,33-31-,42-39-. The molecule has 0 aromatic heterocycles. The first-order valence-electron chi connectivity index (χ1n) is 27.5. The van der Waals surface area contributed by atoms with E-state index in [1.54, 1.807) is 0 Å². The van der Waals surface area contributed by atoms with Crippen molar-refractivity contribution in [3.63, 3.8) is 0 Å². The molecule has 0 heterocycles. The molecule has 1 unspecified atom stereocenters. The number of unbranched alkanes of at least 4 members (excludes halogenated alkanes) is 27. The van der Waals surface area contributed by atoms with E-state index in [2.05, 4.69) is 93.7 Å². The lowest BCUT2D eigenvalue weighted by molar-refractivity contribution is -0.163. The topological polar surface area (TPSA) is 61.8 Å². The predicted octanol–water partition coefficient (Wildman–Crippen LogP) is 18.7. The molecule has 0 radical (unpaired) electrons. The molecule has 0 fully saturated rings. The number of hydrogen-bond donors (Lipinski definition) is 0. The van der Waals surface area contributed by atoms with Crippen LogP contribution in [-0.4, -0.2) is 37.9 Å². The zero-order valence-corrected chi connectivity index (χ0v) is 42.5. The zero-order chi connectivity index (χ0) is 46.3. The molecule has 0 amide bonds. The Kier molecular flexibility index (Phi) is 52.4. The van der Waals surface area contributed by atoms with E-state index in [1.165, 1.54) is 148 Å². The normalized spacial score (nSPS) is 12.7. The summed E-state index contributed by atoms with van der Waals surface area (Å²) in [5.74, 6) is -0.419. The van der Waals surface area contributed by atoms with Gasteiger partial charge in [-0.1, -0.05) is 235 Å². The van der Waals surface area contributed by atoms with Gasteiger partial charge in [-0.25, -0.2) is 0 Å². The molecule has 370 valence electrons. The van der Waals surface area contributed by atoms with Crippen molar-refractivity contribution in [2.75, 3.05) is 19.8 Å². The summed E-state index contributed by atoms with van der Waals surface area (Å²) in [5.41, 5.74) is 0. The van der Waals surface area contributed by atoms with Crippen molar-refractivity contribution < 1.29 is 23.8 Å². The Hall–Kier alpha value is -2.66. The van der Waals surface area contributed by atoms with Crippen molar-refractivity contribution in [3.8, 4) is 0 Å². The second-order valence-corrected chi connectivity index (χ2v) is 18.1. The number of esters is 2. The van der Waals surface area contributed by atoms with Crippen LogP contribution in [0, 0.1) is 0 Å². The minimum absolute atomic E-state index is 0.0661. The highest BCUT2D eigenvalue weighted by Crippen LogP contribution is 2.15. The average molecular weight is 893 g/mol. The first-order valence-corrected chi connectivity index (χ1v) is 27.5. The number of carbonyl (C=O) groups excluding carboxylic acids is 2. The summed E-state index contributed by atoms with van der Waals surface area (Å²) >= 11 is 0. The van der Waals surface area contributed by atoms with Gasteiger partial charge >= 0.3 is 11.9 Å². The Bertz CT molecular complexity index is 1150. The van der Waals surface area contributed by atoms with Gasteiger partial charge < -0.3 is 14.2 Å². The van der Waals surface area contributed by atoms with E-state index in [-0.39, 0.29) is 25.2 Å². The molecule has 0 aliphatic heterocycles. The first-order chi connectivity index (χ1) is 31.6. The van der Waals surface area contributed by atoms with Gasteiger partial charge in [0.2, 0.25) is 0 Å². The number of allylic oxidation sites excluding steroid dienone is 12. The summed E-state index contributed by atoms with van der Waals surface area (Å²) in [6.07, 6.45) is 70.6. The second kappa shape index (κ2) is 54.7. The molecular weight excluding hydrogens is 789 g/mol. The maximum Gasteiger partial charge on any atom is 0.306 e. The van der Waals surface area contributed by atoms with Crippen LogP contribution in [-0.2, 0) is 23.8 Å². The maximum atomic E-state index is 12.8. The Morgan fingerprint density at radius 1 is 0.359 bits per heavy atom. The molecule has 5 nitrogen and oxygen atoms in total. The molecule has 0 bridgehead atoms. The minimum Gasteiger partial charge on any atom is -0.462 e. The van der Waals surface area contributed by atoms with Crippen molar-refractivity contribution >= 4 is 11.9 Å². The van der Waals surface area contributed by atoms with Crippen molar-refractivity contribution in [2.24, 2.45) is 0 Å². The Morgan fingerprint density at radius 3 is 1.14 bits per heavy atom. The molecule has 0 aromatic rings. The summed E-state index contributed by atoms with van der Waals surface area (Å²) in [4.78, 5) is 25.4.